The molecule has 0 saturated heterocycles. The lowest BCUT2D eigenvalue weighted by Gasteiger charge is -2.19. The SMILES string of the molecule is COc1ccc(COc2ccc(C(=O)CNC(=O)OC(C)(C)C)cc2)cc1. The fourth-order valence-corrected chi connectivity index (χ4v) is 2.19. The van der Waals surface area contributed by atoms with Gasteiger partial charge >= 0.3 is 6.09 Å². The molecular weight excluding hydrogens is 346 g/mol. The van der Waals surface area contributed by atoms with Crippen LogP contribution in [0, 0.1) is 0 Å². The van der Waals surface area contributed by atoms with Crippen molar-refractivity contribution in [1.29, 1.82) is 0 Å². The zero-order valence-electron chi connectivity index (χ0n) is 16.1. The van der Waals surface area contributed by atoms with Crippen molar-refractivity contribution in [2.45, 2.75) is 33.0 Å². The summed E-state index contributed by atoms with van der Waals surface area (Å²) in [5.41, 5.74) is 0.899. The number of Topliss-reactive ketones (excluding diaryl/α,β-unsaturated/α-hetero) is 1. The smallest absolute Gasteiger partial charge is 0.408 e. The maximum atomic E-state index is 12.1. The molecule has 2 aromatic rings. The predicted molar refractivity (Wildman–Crippen MR) is 102 cm³/mol. The van der Waals surface area contributed by atoms with Gasteiger partial charge in [-0.25, -0.2) is 4.79 Å². The van der Waals surface area contributed by atoms with Crippen molar-refractivity contribution < 1.29 is 23.8 Å². The van der Waals surface area contributed by atoms with Gasteiger partial charge in [0, 0.05) is 5.56 Å². The molecule has 0 saturated carbocycles. The molecule has 0 fully saturated rings. The van der Waals surface area contributed by atoms with Crippen molar-refractivity contribution in [3.63, 3.8) is 0 Å². The zero-order valence-corrected chi connectivity index (χ0v) is 16.1. The minimum Gasteiger partial charge on any atom is -0.497 e. The summed E-state index contributed by atoms with van der Waals surface area (Å²) in [5, 5.41) is 2.46. The van der Waals surface area contributed by atoms with Crippen LogP contribution in [0.4, 0.5) is 4.79 Å². The number of rotatable bonds is 7. The lowest BCUT2D eigenvalue weighted by atomic mass is 10.1. The molecule has 1 N–H and O–H groups in total. The first kappa shape index (κ1) is 20.3. The quantitative estimate of drug-likeness (QED) is 0.745. The molecule has 0 aliphatic carbocycles. The summed E-state index contributed by atoms with van der Waals surface area (Å²) in [5.74, 6) is 1.24. The Kier molecular flexibility index (Phi) is 6.82. The topological polar surface area (TPSA) is 73.9 Å². The van der Waals surface area contributed by atoms with E-state index in [2.05, 4.69) is 5.32 Å². The van der Waals surface area contributed by atoms with Crippen molar-refractivity contribution in [2.24, 2.45) is 0 Å². The lowest BCUT2D eigenvalue weighted by molar-refractivity contribution is 0.0520. The molecule has 0 unspecified atom stereocenters. The number of hydrogen-bond acceptors (Lipinski definition) is 5. The van der Waals surface area contributed by atoms with Crippen LogP contribution in [0.3, 0.4) is 0 Å². The standard InChI is InChI=1S/C21H25NO5/c1-21(2,3)27-20(24)22-13-19(23)16-7-11-18(12-8-16)26-14-15-5-9-17(25-4)10-6-15/h5-12H,13-14H2,1-4H3,(H,22,24). The van der Waals surface area contributed by atoms with Gasteiger partial charge in [-0.15, -0.1) is 0 Å². The van der Waals surface area contributed by atoms with Crippen LogP contribution in [0.15, 0.2) is 48.5 Å². The maximum absolute atomic E-state index is 12.1. The van der Waals surface area contributed by atoms with E-state index in [0.717, 1.165) is 11.3 Å². The van der Waals surface area contributed by atoms with E-state index in [1.165, 1.54) is 0 Å². The highest BCUT2D eigenvalue weighted by molar-refractivity contribution is 5.98. The molecule has 0 aromatic heterocycles. The van der Waals surface area contributed by atoms with Gasteiger partial charge in [-0.3, -0.25) is 4.79 Å². The van der Waals surface area contributed by atoms with Crippen molar-refractivity contribution in [3.05, 3.63) is 59.7 Å². The van der Waals surface area contributed by atoms with Gasteiger partial charge < -0.3 is 19.5 Å². The average Bonchev–Trinajstić information content (AvgIpc) is 2.64. The molecular formula is C21H25NO5. The molecule has 2 aromatic carbocycles. The highest BCUT2D eigenvalue weighted by Crippen LogP contribution is 2.16. The first-order valence-corrected chi connectivity index (χ1v) is 8.63. The van der Waals surface area contributed by atoms with Crippen LogP contribution in [-0.2, 0) is 11.3 Å². The average molecular weight is 371 g/mol. The lowest BCUT2D eigenvalue weighted by Crippen LogP contribution is -2.35. The number of amides is 1. The highest BCUT2D eigenvalue weighted by Gasteiger charge is 2.17. The van der Waals surface area contributed by atoms with Crippen molar-refractivity contribution in [3.8, 4) is 11.5 Å². The van der Waals surface area contributed by atoms with Crippen molar-refractivity contribution in [1.82, 2.24) is 5.32 Å². The molecule has 0 aliphatic rings. The number of ketones is 1. The Labute approximate surface area is 159 Å². The highest BCUT2D eigenvalue weighted by atomic mass is 16.6. The number of hydrogen-bond donors (Lipinski definition) is 1. The Morgan fingerprint density at radius 3 is 2.07 bits per heavy atom. The minimum atomic E-state index is -0.615. The second-order valence-electron chi connectivity index (χ2n) is 6.94. The van der Waals surface area contributed by atoms with Crippen LogP contribution < -0.4 is 14.8 Å². The monoisotopic (exact) mass is 371 g/mol. The van der Waals surface area contributed by atoms with E-state index >= 15 is 0 Å². The predicted octanol–water partition coefficient (Wildman–Crippen LogP) is 3.98. The van der Waals surface area contributed by atoms with Crippen LogP contribution in [0.5, 0.6) is 11.5 Å². The minimum absolute atomic E-state index is 0.124. The third kappa shape index (κ3) is 7.01. The van der Waals surface area contributed by atoms with E-state index in [9.17, 15) is 9.59 Å². The molecule has 6 heteroatoms. The van der Waals surface area contributed by atoms with E-state index in [-0.39, 0.29) is 12.3 Å². The zero-order chi connectivity index (χ0) is 19.9. The number of alkyl carbamates (subject to hydrolysis) is 1. The number of ether oxygens (including phenoxy) is 3. The Morgan fingerprint density at radius 1 is 0.926 bits per heavy atom. The van der Waals surface area contributed by atoms with E-state index < -0.39 is 11.7 Å². The van der Waals surface area contributed by atoms with Gasteiger partial charge in [0.1, 0.15) is 23.7 Å². The summed E-state index contributed by atoms with van der Waals surface area (Å²) in [6.45, 7) is 5.58. The number of carbonyl (C=O) groups excluding carboxylic acids is 2. The largest absolute Gasteiger partial charge is 0.497 e. The van der Waals surface area contributed by atoms with E-state index in [1.807, 2.05) is 24.3 Å². The summed E-state index contributed by atoms with van der Waals surface area (Å²) in [4.78, 5) is 23.7. The van der Waals surface area contributed by atoms with Gasteiger partial charge in [0.25, 0.3) is 0 Å². The molecule has 0 heterocycles. The fourth-order valence-electron chi connectivity index (χ4n) is 2.19. The fraction of sp³-hybridized carbons (Fsp3) is 0.333. The third-order valence-corrected chi connectivity index (χ3v) is 3.53. The van der Waals surface area contributed by atoms with Crippen LogP contribution in [0.2, 0.25) is 0 Å². The maximum Gasteiger partial charge on any atom is 0.408 e. The first-order chi connectivity index (χ1) is 12.8. The molecule has 2 rings (SSSR count). The van der Waals surface area contributed by atoms with Gasteiger partial charge in [0.2, 0.25) is 0 Å². The number of benzene rings is 2. The Morgan fingerprint density at radius 2 is 1.52 bits per heavy atom. The van der Waals surface area contributed by atoms with Gasteiger partial charge in [0.05, 0.1) is 13.7 Å². The van der Waals surface area contributed by atoms with Gasteiger partial charge in [0.15, 0.2) is 5.78 Å². The second-order valence-corrected chi connectivity index (χ2v) is 6.94. The molecule has 1 amide bonds. The molecule has 0 spiro atoms. The van der Waals surface area contributed by atoms with Crippen LogP contribution in [-0.4, -0.2) is 31.1 Å². The molecule has 0 aliphatic heterocycles. The van der Waals surface area contributed by atoms with Crippen molar-refractivity contribution in [2.75, 3.05) is 13.7 Å². The first-order valence-electron chi connectivity index (χ1n) is 8.63. The van der Waals surface area contributed by atoms with E-state index in [4.69, 9.17) is 14.2 Å². The van der Waals surface area contributed by atoms with E-state index in [0.29, 0.717) is 17.9 Å². The summed E-state index contributed by atoms with van der Waals surface area (Å²) >= 11 is 0. The van der Waals surface area contributed by atoms with Crippen molar-refractivity contribution >= 4 is 11.9 Å². The van der Waals surface area contributed by atoms with Crippen LogP contribution >= 0.6 is 0 Å². The van der Waals surface area contributed by atoms with Crippen LogP contribution in [0.25, 0.3) is 0 Å². The number of carbonyl (C=O) groups is 2. The summed E-state index contributed by atoms with van der Waals surface area (Å²) in [6, 6.07) is 14.4. The Balaban J connectivity index is 1.83. The number of nitrogens with one attached hydrogen (secondary N) is 1. The summed E-state index contributed by atoms with van der Waals surface area (Å²) in [7, 11) is 1.62. The van der Waals surface area contributed by atoms with Crippen LogP contribution in [0.1, 0.15) is 36.7 Å². The normalized spacial score (nSPS) is 10.8. The second kappa shape index (κ2) is 9.07. The molecule has 0 bridgehead atoms. The number of methoxy groups -OCH3 is 1. The molecule has 144 valence electrons. The summed E-state index contributed by atoms with van der Waals surface area (Å²) in [6.07, 6.45) is -0.615. The molecule has 0 atom stereocenters. The Bertz CT molecular complexity index is 761. The molecule has 6 nitrogen and oxygen atoms in total. The third-order valence-electron chi connectivity index (χ3n) is 3.53. The Hall–Kier alpha value is -3.02. The molecule has 0 radical (unpaired) electrons. The van der Waals surface area contributed by atoms with E-state index in [1.54, 1.807) is 52.1 Å². The van der Waals surface area contributed by atoms with Gasteiger partial charge in [-0.05, 0) is 62.7 Å². The van der Waals surface area contributed by atoms with Gasteiger partial charge in [-0.1, -0.05) is 12.1 Å². The van der Waals surface area contributed by atoms with Gasteiger partial charge in [-0.2, -0.15) is 0 Å². The molecule has 27 heavy (non-hydrogen) atoms. The summed E-state index contributed by atoms with van der Waals surface area (Å²) < 4.78 is 15.9.